The third-order valence-electron chi connectivity index (χ3n) is 2.48. The van der Waals surface area contributed by atoms with Gasteiger partial charge in [0, 0.05) is 20.1 Å². The van der Waals surface area contributed by atoms with Crippen molar-refractivity contribution in [2.45, 2.75) is 24.8 Å². The Morgan fingerprint density at radius 2 is 1.89 bits per heavy atom. The van der Waals surface area contributed by atoms with Crippen LogP contribution in [-0.2, 0) is 16.6 Å². The van der Waals surface area contributed by atoms with E-state index >= 15 is 0 Å². The highest BCUT2D eigenvalue weighted by molar-refractivity contribution is 7.89. The van der Waals surface area contributed by atoms with E-state index in [1.54, 1.807) is 19.2 Å². The van der Waals surface area contributed by atoms with Crippen LogP contribution in [0, 0.1) is 0 Å². The summed E-state index contributed by atoms with van der Waals surface area (Å²) >= 11 is 0. The Morgan fingerprint density at radius 3 is 2.37 bits per heavy atom. The second-order valence-electron chi connectivity index (χ2n) is 4.04. The molecule has 1 aromatic rings. The molecule has 6 nitrogen and oxygen atoms in total. The van der Waals surface area contributed by atoms with Crippen LogP contribution in [0.4, 0.5) is 0 Å². The van der Waals surface area contributed by atoms with Gasteiger partial charge < -0.3 is 10.6 Å². The van der Waals surface area contributed by atoms with E-state index in [-0.39, 0.29) is 4.90 Å². The van der Waals surface area contributed by atoms with Gasteiger partial charge in [0.15, 0.2) is 5.96 Å². The van der Waals surface area contributed by atoms with Gasteiger partial charge in [-0.15, -0.1) is 0 Å². The molecule has 0 radical (unpaired) electrons. The van der Waals surface area contributed by atoms with E-state index in [1.165, 1.54) is 12.1 Å². The fourth-order valence-electron chi connectivity index (χ4n) is 1.45. The second-order valence-corrected chi connectivity index (χ2v) is 5.60. The quantitative estimate of drug-likeness (QED) is 0.539. The largest absolute Gasteiger partial charge is 0.356 e. The van der Waals surface area contributed by atoms with Crippen molar-refractivity contribution in [3.63, 3.8) is 0 Å². The number of nitrogens with one attached hydrogen (secondary N) is 2. The number of primary sulfonamides is 1. The lowest BCUT2D eigenvalue weighted by molar-refractivity contribution is 0.597. The van der Waals surface area contributed by atoms with Gasteiger partial charge in [0.1, 0.15) is 0 Å². The van der Waals surface area contributed by atoms with E-state index in [4.69, 9.17) is 5.14 Å². The van der Waals surface area contributed by atoms with Crippen molar-refractivity contribution in [2.24, 2.45) is 10.1 Å². The zero-order chi connectivity index (χ0) is 14.3. The van der Waals surface area contributed by atoms with Crippen molar-refractivity contribution in [3.8, 4) is 0 Å². The van der Waals surface area contributed by atoms with Crippen LogP contribution in [0.2, 0.25) is 0 Å². The summed E-state index contributed by atoms with van der Waals surface area (Å²) in [6.45, 7) is 3.49. The molecule has 0 amide bonds. The highest BCUT2D eigenvalue weighted by Gasteiger charge is 2.06. The first-order chi connectivity index (χ1) is 8.97. The third-order valence-corrected chi connectivity index (χ3v) is 3.41. The number of sulfonamides is 1. The Hall–Kier alpha value is -1.60. The molecule has 0 unspecified atom stereocenters. The number of hydrogen-bond donors (Lipinski definition) is 3. The standard InChI is InChI=1S/C12H20N4O2S/c1-3-8-15-12(14-2)16-9-10-4-6-11(7-5-10)19(13,17)18/h4-7H,3,8-9H2,1-2H3,(H2,13,17,18)(H2,14,15,16). The first kappa shape index (κ1) is 15.5. The lowest BCUT2D eigenvalue weighted by Gasteiger charge is -2.11. The van der Waals surface area contributed by atoms with E-state index in [9.17, 15) is 8.42 Å². The predicted octanol–water partition coefficient (Wildman–Crippen LogP) is 0.409. The van der Waals surface area contributed by atoms with Crippen molar-refractivity contribution < 1.29 is 8.42 Å². The fourth-order valence-corrected chi connectivity index (χ4v) is 1.96. The van der Waals surface area contributed by atoms with Crippen LogP contribution in [0.3, 0.4) is 0 Å². The van der Waals surface area contributed by atoms with Gasteiger partial charge in [0.05, 0.1) is 4.90 Å². The minimum absolute atomic E-state index is 0.116. The van der Waals surface area contributed by atoms with Crippen LogP contribution in [0.1, 0.15) is 18.9 Å². The number of benzene rings is 1. The number of hydrogen-bond acceptors (Lipinski definition) is 3. The maximum atomic E-state index is 11.1. The first-order valence-electron chi connectivity index (χ1n) is 6.03. The van der Waals surface area contributed by atoms with Crippen LogP contribution in [0.25, 0.3) is 0 Å². The molecule has 0 bridgehead atoms. The van der Waals surface area contributed by atoms with Crippen molar-refractivity contribution in [2.75, 3.05) is 13.6 Å². The summed E-state index contributed by atoms with van der Waals surface area (Å²) in [5, 5.41) is 11.3. The van der Waals surface area contributed by atoms with Gasteiger partial charge in [-0.3, -0.25) is 4.99 Å². The highest BCUT2D eigenvalue weighted by Crippen LogP contribution is 2.08. The van der Waals surface area contributed by atoms with E-state index in [0.29, 0.717) is 6.54 Å². The molecule has 0 aliphatic heterocycles. The SMILES string of the molecule is CCCNC(=NC)NCc1ccc(S(N)(=O)=O)cc1. The molecule has 0 aromatic heterocycles. The Labute approximate surface area is 114 Å². The topological polar surface area (TPSA) is 96.6 Å². The van der Waals surface area contributed by atoms with E-state index in [1.807, 2.05) is 0 Å². The van der Waals surface area contributed by atoms with Crippen LogP contribution >= 0.6 is 0 Å². The molecule has 0 spiro atoms. The van der Waals surface area contributed by atoms with Crippen molar-refractivity contribution in [3.05, 3.63) is 29.8 Å². The molecule has 106 valence electrons. The molecule has 0 saturated carbocycles. The zero-order valence-corrected chi connectivity index (χ0v) is 12.0. The monoisotopic (exact) mass is 284 g/mol. The van der Waals surface area contributed by atoms with Crippen LogP contribution in [0.15, 0.2) is 34.2 Å². The number of nitrogens with zero attached hydrogens (tertiary/aromatic N) is 1. The summed E-state index contributed by atoms with van der Waals surface area (Å²) in [4.78, 5) is 4.19. The number of rotatable bonds is 5. The van der Waals surface area contributed by atoms with Crippen molar-refractivity contribution in [1.29, 1.82) is 0 Å². The first-order valence-corrected chi connectivity index (χ1v) is 7.58. The van der Waals surface area contributed by atoms with Crippen LogP contribution in [0.5, 0.6) is 0 Å². The molecule has 0 heterocycles. The molecule has 0 saturated heterocycles. The van der Waals surface area contributed by atoms with Gasteiger partial charge in [0.25, 0.3) is 0 Å². The number of nitrogens with two attached hydrogens (primary N) is 1. The summed E-state index contributed by atoms with van der Waals surface area (Å²) in [5.41, 5.74) is 0.951. The summed E-state index contributed by atoms with van der Waals surface area (Å²) in [7, 11) is -1.92. The molecule has 4 N–H and O–H groups in total. The molecule has 7 heteroatoms. The molecular formula is C12H20N4O2S. The molecule has 1 aromatic carbocycles. The Kier molecular flexibility index (Phi) is 5.78. The second kappa shape index (κ2) is 7.10. The summed E-state index contributed by atoms with van der Waals surface area (Å²) in [6, 6.07) is 6.43. The minimum atomic E-state index is -3.62. The predicted molar refractivity (Wildman–Crippen MR) is 76.3 cm³/mol. The van der Waals surface area contributed by atoms with E-state index in [0.717, 1.165) is 24.5 Å². The van der Waals surface area contributed by atoms with Crippen molar-refractivity contribution in [1.82, 2.24) is 10.6 Å². The Morgan fingerprint density at radius 1 is 1.26 bits per heavy atom. The maximum Gasteiger partial charge on any atom is 0.238 e. The number of aliphatic imine (C=N–C) groups is 1. The summed E-state index contributed by atoms with van der Waals surface area (Å²) in [6.07, 6.45) is 1.02. The number of guanidine groups is 1. The van der Waals surface area contributed by atoms with Gasteiger partial charge in [-0.05, 0) is 24.1 Å². The fraction of sp³-hybridized carbons (Fsp3) is 0.417. The van der Waals surface area contributed by atoms with Gasteiger partial charge in [0.2, 0.25) is 10.0 Å². The van der Waals surface area contributed by atoms with Crippen LogP contribution < -0.4 is 15.8 Å². The molecule has 0 atom stereocenters. The van der Waals surface area contributed by atoms with Gasteiger partial charge in [-0.2, -0.15) is 0 Å². The molecular weight excluding hydrogens is 264 g/mol. The van der Waals surface area contributed by atoms with E-state index in [2.05, 4.69) is 22.5 Å². The maximum absolute atomic E-state index is 11.1. The lowest BCUT2D eigenvalue weighted by Crippen LogP contribution is -2.37. The Bertz CT molecular complexity index is 523. The van der Waals surface area contributed by atoms with Crippen LogP contribution in [-0.4, -0.2) is 28.0 Å². The minimum Gasteiger partial charge on any atom is -0.356 e. The zero-order valence-electron chi connectivity index (χ0n) is 11.2. The molecule has 0 aliphatic rings. The third kappa shape index (κ3) is 5.27. The van der Waals surface area contributed by atoms with Gasteiger partial charge >= 0.3 is 0 Å². The normalized spacial score (nSPS) is 12.3. The highest BCUT2D eigenvalue weighted by atomic mass is 32.2. The average Bonchev–Trinajstić information content (AvgIpc) is 2.38. The smallest absolute Gasteiger partial charge is 0.238 e. The summed E-state index contributed by atoms with van der Waals surface area (Å²) in [5.74, 6) is 0.720. The average molecular weight is 284 g/mol. The van der Waals surface area contributed by atoms with Crippen molar-refractivity contribution >= 4 is 16.0 Å². The van der Waals surface area contributed by atoms with E-state index < -0.39 is 10.0 Å². The molecule has 0 aliphatic carbocycles. The lowest BCUT2D eigenvalue weighted by atomic mass is 10.2. The molecule has 19 heavy (non-hydrogen) atoms. The Balaban J connectivity index is 2.59. The van der Waals surface area contributed by atoms with Gasteiger partial charge in [-0.25, -0.2) is 13.6 Å². The summed E-state index contributed by atoms with van der Waals surface area (Å²) < 4.78 is 22.2. The molecule has 0 fully saturated rings. The van der Waals surface area contributed by atoms with Gasteiger partial charge in [-0.1, -0.05) is 19.1 Å². The molecule has 1 rings (SSSR count).